The number of aromatic nitrogens is 3. The van der Waals surface area contributed by atoms with Crippen molar-refractivity contribution in [1.82, 2.24) is 14.8 Å². The molecule has 0 saturated heterocycles. The van der Waals surface area contributed by atoms with E-state index in [1.54, 1.807) is 11.7 Å². The van der Waals surface area contributed by atoms with Gasteiger partial charge in [-0.25, -0.2) is 9.67 Å². The highest BCUT2D eigenvalue weighted by Gasteiger charge is 2.13. The molecule has 7 nitrogen and oxygen atoms in total. The lowest BCUT2D eigenvalue weighted by atomic mass is 10.3. The van der Waals surface area contributed by atoms with Gasteiger partial charge in [-0.05, 0) is 19.9 Å². The monoisotopic (exact) mass is 247 g/mol. The smallest absolute Gasteiger partial charge is 0.276 e. The molecule has 0 aliphatic heterocycles. The molecule has 1 N–H and O–H groups in total. The van der Waals surface area contributed by atoms with Crippen molar-refractivity contribution in [2.75, 3.05) is 12.4 Å². The van der Waals surface area contributed by atoms with E-state index >= 15 is 0 Å². The predicted octanol–water partition coefficient (Wildman–Crippen LogP) is 1.83. The molecule has 2 heterocycles. The Kier molecular flexibility index (Phi) is 2.97. The van der Waals surface area contributed by atoms with Crippen LogP contribution in [0.25, 0.3) is 5.82 Å². The number of aryl methyl sites for hydroxylation is 2. The molecule has 2 aromatic heterocycles. The van der Waals surface area contributed by atoms with Crippen molar-refractivity contribution in [2.24, 2.45) is 0 Å². The number of nitrogens with zero attached hydrogens (tertiary/aromatic N) is 4. The average Bonchev–Trinajstić information content (AvgIpc) is 2.67. The largest absolute Gasteiger partial charge is 0.373 e. The maximum absolute atomic E-state index is 10.9. The molecular formula is C11H13N5O2. The van der Waals surface area contributed by atoms with Crippen LogP contribution in [0.4, 0.5) is 11.5 Å². The van der Waals surface area contributed by atoms with Crippen LogP contribution >= 0.6 is 0 Å². The molecule has 0 aliphatic rings. The molecule has 0 spiro atoms. The van der Waals surface area contributed by atoms with Crippen LogP contribution in [0.2, 0.25) is 0 Å². The van der Waals surface area contributed by atoms with E-state index in [1.807, 2.05) is 19.9 Å². The third-order valence-electron chi connectivity index (χ3n) is 2.49. The fourth-order valence-corrected chi connectivity index (χ4v) is 1.70. The summed E-state index contributed by atoms with van der Waals surface area (Å²) in [6, 6.07) is 4.68. The maximum atomic E-state index is 10.9. The molecule has 0 atom stereocenters. The Morgan fingerprint density at radius 2 is 2.06 bits per heavy atom. The summed E-state index contributed by atoms with van der Waals surface area (Å²) in [5.41, 5.74) is 1.70. The molecule has 7 heteroatoms. The predicted molar refractivity (Wildman–Crippen MR) is 67.0 cm³/mol. The van der Waals surface area contributed by atoms with Crippen LogP contribution in [0.1, 0.15) is 11.4 Å². The molecule has 0 unspecified atom stereocenters. The summed E-state index contributed by atoms with van der Waals surface area (Å²) < 4.78 is 1.59. The second-order valence-corrected chi connectivity index (χ2v) is 3.91. The Labute approximate surface area is 104 Å². The number of rotatable bonds is 3. The van der Waals surface area contributed by atoms with Crippen LogP contribution in [0.5, 0.6) is 0 Å². The molecule has 0 radical (unpaired) electrons. The number of hydrogen-bond acceptors (Lipinski definition) is 5. The van der Waals surface area contributed by atoms with Crippen molar-refractivity contribution in [3.63, 3.8) is 0 Å². The molecule has 0 fully saturated rings. The van der Waals surface area contributed by atoms with Gasteiger partial charge in [0.25, 0.3) is 5.69 Å². The molecule has 94 valence electrons. The Morgan fingerprint density at radius 3 is 2.56 bits per heavy atom. The van der Waals surface area contributed by atoms with Gasteiger partial charge in [0.15, 0.2) is 5.82 Å². The molecule has 2 rings (SSSR count). The van der Waals surface area contributed by atoms with Gasteiger partial charge in [0.1, 0.15) is 5.82 Å². The third-order valence-corrected chi connectivity index (χ3v) is 2.49. The van der Waals surface area contributed by atoms with Gasteiger partial charge in [-0.1, -0.05) is 0 Å². The zero-order chi connectivity index (χ0) is 13.3. The van der Waals surface area contributed by atoms with Gasteiger partial charge in [0.2, 0.25) is 0 Å². The minimum atomic E-state index is -0.447. The second-order valence-electron chi connectivity index (χ2n) is 3.91. The molecule has 0 bridgehead atoms. The first-order chi connectivity index (χ1) is 8.51. The highest BCUT2D eigenvalue weighted by molar-refractivity contribution is 5.50. The van der Waals surface area contributed by atoms with Crippen molar-refractivity contribution < 1.29 is 4.92 Å². The summed E-state index contributed by atoms with van der Waals surface area (Å²) in [5, 5.41) is 17.9. The third kappa shape index (κ3) is 2.15. The van der Waals surface area contributed by atoms with E-state index in [-0.39, 0.29) is 5.69 Å². The fourth-order valence-electron chi connectivity index (χ4n) is 1.70. The van der Waals surface area contributed by atoms with Crippen molar-refractivity contribution in [1.29, 1.82) is 0 Å². The zero-order valence-electron chi connectivity index (χ0n) is 10.3. The van der Waals surface area contributed by atoms with Crippen LogP contribution in [-0.4, -0.2) is 26.7 Å². The van der Waals surface area contributed by atoms with Gasteiger partial charge in [-0.3, -0.25) is 10.1 Å². The summed E-state index contributed by atoms with van der Waals surface area (Å²) in [4.78, 5) is 14.7. The number of hydrogen-bond donors (Lipinski definition) is 1. The van der Waals surface area contributed by atoms with Gasteiger partial charge < -0.3 is 5.32 Å². The lowest BCUT2D eigenvalue weighted by Gasteiger charge is -2.06. The first-order valence-corrected chi connectivity index (χ1v) is 5.39. The molecule has 0 aromatic carbocycles. The SMILES string of the molecule is CNc1cc([N+](=O)[O-])cc(-n2nc(C)cc2C)n1. The maximum Gasteiger partial charge on any atom is 0.276 e. The molecule has 2 aromatic rings. The van der Waals surface area contributed by atoms with Gasteiger partial charge in [-0.15, -0.1) is 0 Å². The molecule has 0 aliphatic carbocycles. The lowest BCUT2D eigenvalue weighted by Crippen LogP contribution is -2.05. The molecule has 18 heavy (non-hydrogen) atoms. The highest BCUT2D eigenvalue weighted by Crippen LogP contribution is 2.20. The Bertz CT molecular complexity index is 605. The fraction of sp³-hybridized carbons (Fsp3) is 0.273. The summed E-state index contributed by atoms with van der Waals surface area (Å²) >= 11 is 0. The second kappa shape index (κ2) is 4.44. The van der Waals surface area contributed by atoms with Gasteiger partial charge in [-0.2, -0.15) is 5.10 Å². The normalized spacial score (nSPS) is 10.4. The van der Waals surface area contributed by atoms with E-state index in [0.29, 0.717) is 11.6 Å². The van der Waals surface area contributed by atoms with Crippen molar-refractivity contribution in [2.45, 2.75) is 13.8 Å². The zero-order valence-corrected chi connectivity index (χ0v) is 10.3. The van der Waals surface area contributed by atoms with Gasteiger partial charge in [0.05, 0.1) is 22.7 Å². The first-order valence-electron chi connectivity index (χ1n) is 5.39. The Morgan fingerprint density at radius 1 is 1.33 bits per heavy atom. The average molecular weight is 247 g/mol. The number of nitrogens with one attached hydrogen (secondary N) is 1. The standard InChI is InChI=1S/C11H13N5O2/c1-7-4-8(2)15(14-7)11-6-9(16(17)18)5-10(12-3)13-11/h4-6H,1-3H3,(H,12,13). The van der Waals surface area contributed by atoms with E-state index in [4.69, 9.17) is 0 Å². The number of nitro groups is 1. The van der Waals surface area contributed by atoms with Crippen molar-refractivity contribution >= 4 is 11.5 Å². The highest BCUT2D eigenvalue weighted by atomic mass is 16.6. The Balaban J connectivity index is 2.60. The van der Waals surface area contributed by atoms with E-state index in [2.05, 4.69) is 15.4 Å². The van der Waals surface area contributed by atoms with Crippen LogP contribution < -0.4 is 5.32 Å². The van der Waals surface area contributed by atoms with Crippen molar-refractivity contribution in [3.8, 4) is 5.82 Å². The minimum absolute atomic E-state index is 0.0168. The van der Waals surface area contributed by atoms with Gasteiger partial charge in [0, 0.05) is 12.7 Å². The molecule has 0 amide bonds. The van der Waals surface area contributed by atoms with Crippen LogP contribution in [0, 0.1) is 24.0 Å². The van der Waals surface area contributed by atoms with Gasteiger partial charge >= 0.3 is 0 Å². The van der Waals surface area contributed by atoms with Crippen molar-refractivity contribution in [3.05, 3.63) is 39.7 Å². The minimum Gasteiger partial charge on any atom is -0.373 e. The summed E-state index contributed by atoms with van der Waals surface area (Å²) in [7, 11) is 1.66. The quantitative estimate of drug-likeness (QED) is 0.660. The van der Waals surface area contributed by atoms with E-state index < -0.39 is 4.92 Å². The lowest BCUT2D eigenvalue weighted by molar-refractivity contribution is -0.384. The van der Waals surface area contributed by atoms with E-state index in [0.717, 1.165) is 11.4 Å². The van der Waals surface area contributed by atoms with Crippen LogP contribution in [-0.2, 0) is 0 Å². The topological polar surface area (TPSA) is 85.9 Å². The van der Waals surface area contributed by atoms with Crippen LogP contribution in [0.15, 0.2) is 18.2 Å². The number of pyridine rings is 1. The van der Waals surface area contributed by atoms with E-state index in [1.165, 1.54) is 12.1 Å². The van der Waals surface area contributed by atoms with Crippen LogP contribution in [0.3, 0.4) is 0 Å². The number of anilines is 1. The Hall–Kier alpha value is -2.44. The van der Waals surface area contributed by atoms with E-state index in [9.17, 15) is 10.1 Å². The summed E-state index contributed by atoms with van der Waals surface area (Å²) in [6.45, 7) is 3.74. The first kappa shape index (κ1) is 12.0. The summed E-state index contributed by atoms with van der Waals surface area (Å²) in [6.07, 6.45) is 0. The molecule has 0 saturated carbocycles. The summed E-state index contributed by atoms with van der Waals surface area (Å²) in [5.74, 6) is 0.867. The molecular weight excluding hydrogens is 234 g/mol.